The van der Waals surface area contributed by atoms with Gasteiger partial charge in [-0.05, 0) is 12.1 Å². The van der Waals surface area contributed by atoms with E-state index in [4.69, 9.17) is 11.6 Å². The Morgan fingerprint density at radius 3 is 2.77 bits per heavy atom. The minimum absolute atomic E-state index is 0.197. The van der Waals surface area contributed by atoms with Gasteiger partial charge in [-0.25, -0.2) is 18.6 Å². The molecule has 0 aromatic heterocycles. The Labute approximate surface area is 77.9 Å². The maximum atomic E-state index is 13.0. The van der Waals surface area contributed by atoms with Crippen molar-refractivity contribution in [1.82, 2.24) is 0 Å². The van der Waals surface area contributed by atoms with Crippen LogP contribution in [0.1, 0.15) is 5.56 Å². The molecule has 0 aliphatic rings. The highest BCUT2D eigenvalue weighted by molar-refractivity contribution is 6.30. The first kappa shape index (κ1) is 9.84. The van der Waals surface area contributed by atoms with Crippen molar-refractivity contribution in [2.75, 3.05) is 0 Å². The van der Waals surface area contributed by atoms with E-state index in [2.05, 4.69) is 4.99 Å². The third-order valence-electron chi connectivity index (χ3n) is 1.44. The predicted octanol–water partition coefficient (Wildman–Crippen LogP) is 2.45. The van der Waals surface area contributed by atoms with Crippen molar-refractivity contribution < 1.29 is 13.6 Å². The first-order valence-electron chi connectivity index (χ1n) is 3.33. The summed E-state index contributed by atoms with van der Waals surface area (Å²) in [5, 5.41) is -0.197. The van der Waals surface area contributed by atoms with E-state index in [0.29, 0.717) is 0 Å². The largest absolute Gasteiger partial charge is 0.235 e. The fourth-order valence-corrected chi connectivity index (χ4v) is 1.00. The summed E-state index contributed by atoms with van der Waals surface area (Å²) in [6.07, 6.45) is 1.19. The molecule has 5 heteroatoms. The Hall–Kier alpha value is -1.25. The lowest BCUT2D eigenvalue weighted by Crippen LogP contribution is -1.94. The summed E-state index contributed by atoms with van der Waals surface area (Å²) in [5.41, 5.74) is -0.323. The van der Waals surface area contributed by atoms with Gasteiger partial charge >= 0.3 is 0 Å². The molecule has 0 aliphatic carbocycles. The number of nitrogens with zero attached hydrogens (tertiary/aromatic N) is 1. The normalized spacial score (nSPS) is 9.46. The summed E-state index contributed by atoms with van der Waals surface area (Å²) in [6, 6.07) is 2.11. The smallest absolute Gasteiger partial charge is 0.211 e. The van der Waals surface area contributed by atoms with Gasteiger partial charge in [-0.15, -0.1) is 0 Å². The zero-order valence-electron chi connectivity index (χ0n) is 6.35. The van der Waals surface area contributed by atoms with Crippen LogP contribution in [0, 0.1) is 11.6 Å². The number of benzene rings is 1. The first-order chi connectivity index (χ1) is 6.16. The number of hydrogen-bond donors (Lipinski definition) is 0. The molecule has 0 spiro atoms. The van der Waals surface area contributed by atoms with Crippen molar-refractivity contribution in [2.24, 2.45) is 4.99 Å². The summed E-state index contributed by atoms with van der Waals surface area (Å²) in [6.45, 7) is -0.387. The number of halogens is 3. The fourth-order valence-electron chi connectivity index (χ4n) is 0.825. The van der Waals surface area contributed by atoms with Crippen LogP contribution >= 0.6 is 11.6 Å². The van der Waals surface area contributed by atoms with Gasteiger partial charge in [0, 0.05) is 5.56 Å². The summed E-state index contributed by atoms with van der Waals surface area (Å²) >= 11 is 5.38. The maximum Gasteiger partial charge on any atom is 0.235 e. The van der Waals surface area contributed by atoms with Crippen molar-refractivity contribution in [2.45, 2.75) is 6.54 Å². The standard InChI is InChI=1S/C8H4ClF2NO/c9-6-1-2-7(10)5(8(6)11)3-12-4-13/h1-2H,3H2. The number of rotatable bonds is 2. The van der Waals surface area contributed by atoms with Crippen LogP contribution in [0.15, 0.2) is 17.1 Å². The first-order valence-corrected chi connectivity index (χ1v) is 3.70. The van der Waals surface area contributed by atoms with E-state index in [-0.39, 0.29) is 17.1 Å². The van der Waals surface area contributed by atoms with Gasteiger partial charge in [-0.2, -0.15) is 0 Å². The quantitative estimate of drug-likeness (QED) is 0.412. The number of carbonyl (C=O) groups excluding carboxylic acids is 1. The molecule has 0 radical (unpaired) electrons. The molecule has 68 valence electrons. The topological polar surface area (TPSA) is 29.4 Å². The van der Waals surface area contributed by atoms with Gasteiger partial charge in [0.2, 0.25) is 6.08 Å². The summed E-state index contributed by atoms with van der Waals surface area (Å²) in [5.74, 6) is -1.67. The Morgan fingerprint density at radius 1 is 1.46 bits per heavy atom. The average molecular weight is 204 g/mol. The Balaban J connectivity index is 3.16. The monoisotopic (exact) mass is 203 g/mol. The molecular weight excluding hydrogens is 200 g/mol. The summed E-state index contributed by atoms with van der Waals surface area (Å²) < 4.78 is 25.9. The van der Waals surface area contributed by atoms with Crippen molar-refractivity contribution >= 4 is 17.7 Å². The van der Waals surface area contributed by atoms with Crippen LogP contribution in [0.5, 0.6) is 0 Å². The molecule has 1 aromatic rings. The molecule has 0 bridgehead atoms. The molecule has 0 heterocycles. The van der Waals surface area contributed by atoms with E-state index in [0.717, 1.165) is 12.1 Å². The third-order valence-corrected chi connectivity index (χ3v) is 1.73. The number of hydrogen-bond acceptors (Lipinski definition) is 2. The maximum absolute atomic E-state index is 13.0. The van der Waals surface area contributed by atoms with E-state index in [1.807, 2.05) is 0 Å². The van der Waals surface area contributed by atoms with Crippen LogP contribution in [0.3, 0.4) is 0 Å². The second-order valence-electron chi connectivity index (χ2n) is 2.23. The van der Waals surface area contributed by atoms with Gasteiger partial charge in [0.05, 0.1) is 11.6 Å². The van der Waals surface area contributed by atoms with Crippen LogP contribution in [-0.2, 0) is 11.3 Å². The average Bonchev–Trinajstić information content (AvgIpc) is 2.12. The zero-order valence-corrected chi connectivity index (χ0v) is 7.11. The molecular formula is C8H4ClF2NO. The van der Waals surface area contributed by atoms with E-state index >= 15 is 0 Å². The molecule has 0 fully saturated rings. The Bertz CT molecular complexity index is 375. The highest BCUT2D eigenvalue weighted by atomic mass is 35.5. The van der Waals surface area contributed by atoms with Gasteiger partial charge in [-0.1, -0.05) is 11.6 Å². The minimum Gasteiger partial charge on any atom is -0.211 e. The molecule has 2 nitrogen and oxygen atoms in total. The van der Waals surface area contributed by atoms with E-state index < -0.39 is 11.6 Å². The van der Waals surface area contributed by atoms with Gasteiger partial charge in [0.1, 0.15) is 11.6 Å². The SMILES string of the molecule is O=C=NCc1c(F)ccc(Cl)c1F. The molecule has 1 aromatic carbocycles. The van der Waals surface area contributed by atoms with Gasteiger partial charge < -0.3 is 0 Å². The Morgan fingerprint density at radius 2 is 2.15 bits per heavy atom. The van der Waals surface area contributed by atoms with Crippen LogP contribution in [-0.4, -0.2) is 6.08 Å². The van der Waals surface area contributed by atoms with Crippen molar-refractivity contribution in [3.63, 3.8) is 0 Å². The molecule has 0 saturated carbocycles. The number of aliphatic imine (C=N–C) groups is 1. The van der Waals surface area contributed by atoms with Gasteiger partial charge in [0.15, 0.2) is 0 Å². The van der Waals surface area contributed by atoms with Crippen LogP contribution in [0.2, 0.25) is 5.02 Å². The molecule has 0 amide bonds. The highest BCUT2D eigenvalue weighted by Crippen LogP contribution is 2.21. The van der Waals surface area contributed by atoms with Crippen LogP contribution in [0.25, 0.3) is 0 Å². The highest BCUT2D eigenvalue weighted by Gasteiger charge is 2.11. The fraction of sp³-hybridized carbons (Fsp3) is 0.125. The lowest BCUT2D eigenvalue weighted by atomic mass is 10.2. The Kier molecular flexibility index (Phi) is 3.12. The summed E-state index contributed by atoms with van der Waals surface area (Å²) in [4.78, 5) is 12.8. The lowest BCUT2D eigenvalue weighted by molar-refractivity contribution is 0.550. The molecule has 0 aliphatic heterocycles. The second-order valence-corrected chi connectivity index (χ2v) is 2.64. The molecule has 0 atom stereocenters. The predicted molar refractivity (Wildman–Crippen MR) is 43.2 cm³/mol. The van der Waals surface area contributed by atoms with Gasteiger partial charge in [-0.3, -0.25) is 0 Å². The zero-order chi connectivity index (χ0) is 9.84. The molecule has 0 saturated heterocycles. The summed E-state index contributed by atoms with van der Waals surface area (Å²) in [7, 11) is 0. The van der Waals surface area contributed by atoms with E-state index in [1.165, 1.54) is 6.08 Å². The molecule has 0 N–H and O–H groups in total. The second kappa shape index (κ2) is 4.12. The van der Waals surface area contributed by atoms with Crippen molar-refractivity contribution in [3.05, 3.63) is 34.4 Å². The van der Waals surface area contributed by atoms with Crippen LogP contribution in [0.4, 0.5) is 8.78 Å². The van der Waals surface area contributed by atoms with Crippen LogP contribution < -0.4 is 0 Å². The van der Waals surface area contributed by atoms with E-state index in [1.54, 1.807) is 0 Å². The van der Waals surface area contributed by atoms with Crippen molar-refractivity contribution in [1.29, 1.82) is 0 Å². The molecule has 1 rings (SSSR count). The third kappa shape index (κ3) is 2.11. The van der Waals surface area contributed by atoms with E-state index in [9.17, 15) is 13.6 Å². The molecule has 13 heavy (non-hydrogen) atoms. The van der Waals surface area contributed by atoms with Gasteiger partial charge in [0.25, 0.3) is 0 Å². The number of isocyanates is 1. The lowest BCUT2D eigenvalue weighted by Gasteiger charge is -2.01. The molecule has 0 unspecified atom stereocenters. The van der Waals surface area contributed by atoms with Crippen molar-refractivity contribution in [3.8, 4) is 0 Å². The minimum atomic E-state index is -0.888.